The summed E-state index contributed by atoms with van der Waals surface area (Å²) in [7, 11) is 0. The van der Waals surface area contributed by atoms with E-state index < -0.39 is 0 Å². The number of amides is 1. The molecule has 1 amide bonds. The Morgan fingerprint density at radius 2 is 2.15 bits per heavy atom. The van der Waals surface area contributed by atoms with Crippen molar-refractivity contribution in [2.75, 3.05) is 0 Å². The number of pyridine rings is 1. The zero-order valence-electron chi connectivity index (χ0n) is 10.6. The number of aromatic amines is 1. The fourth-order valence-corrected chi connectivity index (χ4v) is 2.28. The molecule has 0 bridgehead atoms. The minimum absolute atomic E-state index is 0.160. The number of carbonyl (C=O) groups is 1. The highest BCUT2D eigenvalue weighted by Gasteiger charge is 2.12. The van der Waals surface area contributed by atoms with Gasteiger partial charge in [-0.2, -0.15) is 0 Å². The molecule has 0 atom stereocenters. The quantitative estimate of drug-likeness (QED) is 0.726. The third-order valence-corrected chi connectivity index (χ3v) is 3.24. The van der Waals surface area contributed by atoms with E-state index in [-0.39, 0.29) is 5.91 Å². The number of para-hydroxylation sites is 1. The molecule has 0 aliphatic heterocycles. The first-order chi connectivity index (χ1) is 9.74. The first-order valence-corrected chi connectivity index (χ1v) is 6.57. The van der Waals surface area contributed by atoms with Crippen LogP contribution in [0.2, 0.25) is 5.15 Å². The Labute approximate surface area is 120 Å². The predicted octanol–water partition coefficient (Wildman–Crippen LogP) is 3.15. The van der Waals surface area contributed by atoms with Crippen LogP contribution in [0.15, 0.2) is 48.8 Å². The summed E-state index contributed by atoms with van der Waals surface area (Å²) in [4.78, 5) is 19.5. The molecule has 0 unspecified atom stereocenters. The van der Waals surface area contributed by atoms with Crippen molar-refractivity contribution in [2.24, 2.45) is 0 Å². The molecule has 20 heavy (non-hydrogen) atoms. The molecule has 2 heterocycles. The highest BCUT2D eigenvalue weighted by Crippen LogP contribution is 2.20. The van der Waals surface area contributed by atoms with Gasteiger partial charge in [-0.15, -0.1) is 0 Å². The third-order valence-electron chi connectivity index (χ3n) is 3.04. The van der Waals surface area contributed by atoms with Crippen LogP contribution in [0, 0.1) is 0 Å². The number of H-pyrrole nitrogens is 1. The van der Waals surface area contributed by atoms with Crippen molar-refractivity contribution in [1.29, 1.82) is 0 Å². The lowest BCUT2D eigenvalue weighted by Gasteiger charge is -2.07. The standard InChI is InChI=1S/C15H12ClN3O/c16-14-7-12(11-3-1-2-4-13(11)19-14)15(20)18-9-10-5-6-17-8-10/h1-8,17H,9H2,(H,18,20). The second kappa shape index (κ2) is 5.35. The summed E-state index contributed by atoms with van der Waals surface area (Å²) >= 11 is 5.97. The Morgan fingerprint density at radius 1 is 1.30 bits per heavy atom. The smallest absolute Gasteiger partial charge is 0.252 e. The van der Waals surface area contributed by atoms with E-state index in [0.717, 1.165) is 10.9 Å². The van der Waals surface area contributed by atoms with Crippen LogP contribution in [0.1, 0.15) is 15.9 Å². The fourth-order valence-electron chi connectivity index (χ4n) is 2.08. The first-order valence-electron chi connectivity index (χ1n) is 6.19. The van der Waals surface area contributed by atoms with Crippen molar-refractivity contribution in [2.45, 2.75) is 6.54 Å². The van der Waals surface area contributed by atoms with Crippen molar-refractivity contribution in [3.8, 4) is 0 Å². The maximum atomic E-state index is 12.3. The van der Waals surface area contributed by atoms with Gasteiger partial charge >= 0.3 is 0 Å². The maximum absolute atomic E-state index is 12.3. The van der Waals surface area contributed by atoms with Crippen molar-refractivity contribution < 1.29 is 4.79 Å². The largest absolute Gasteiger partial charge is 0.367 e. The summed E-state index contributed by atoms with van der Waals surface area (Å²) in [6, 6.07) is 11.0. The molecule has 0 saturated carbocycles. The Balaban J connectivity index is 1.90. The molecule has 0 fully saturated rings. The molecule has 0 aliphatic carbocycles. The molecule has 0 spiro atoms. The molecular formula is C15H12ClN3O. The summed E-state index contributed by atoms with van der Waals surface area (Å²) in [6.45, 7) is 0.469. The monoisotopic (exact) mass is 285 g/mol. The summed E-state index contributed by atoms with van der Waals surface area (Å²) in [5.74, 6) is -0.160. The molecule has 4 nitrogen and oxygen atoms in total. The summed E-state index contributed by atoms with van der Waals surface area (Å²) in [5.41, 5.74) is 2.27. The first kappa shape index (κ1) is 12.7. The molecule has 1 aromatic carbocycles. The van der Waals surface area contributed by atoms with Gasteiger partial charge in [-0.1, -0.05) is 29.8 Å². The van der Waals surface area contributed by atoms with Gasteiger partial charge in [-0.25, -0.2) is 4.98 Å². The van der Waals surface area contributed by atoms with Gasteiger partial charge in [0.25, 0.3) is 5.91 Å². The van der Waals surface area contributed by atoms with Gasteiger partial charge in [-0.3, -0.25) is 4.79 Å². The highest BCUT2D eigenvalue weighted by atomic mass is 35.5. The van der Waals surface area contributed by atoms with Crippen LogP contribution in [0.5, 0.6) is 0 Å². The number of halogens is 1. The third kappa shape index (κ3) is 2.51. The number of carbonyl (C=O) groups excluding carboxylic acids is 1. The molecule has 3 aromatic rings. The van der Waals surface area contributed by atoms with Crippen molar-refractivity contribution in [3.05, 3.63) is 65.1 Å². The van der Waals surface area contributed by atoms with Gasteiger partial charge in [0.05, 0.1) is 11.1 Å². The second-order valence-electron chi connectivity index (χ2n) is 4.41. The molecule has 100 valence electrons. The van der Waals surface area contributed by atoms with Crippen LogP contribution in [0.4, 0.5) is 0 Å². The molecule has 3 rings (SSSR count). The van der Waals surface area contributed by atoms with E-state index in [1.54, 1.807) is 6.07 Å². The van der Waals surface area contributed by atoms with Gasteiger partial charge in [-0.05, 0) is 23.8 Å². The zero-order valence-corrected chi connectivity index (χ0v) is 11.3. The number of fused-ring (bicyclic) bond motifs is 1. The number of aromatic nitrogens is 2. The van der Waals surface area contributed by atoms with Gasteiger partial charge in [0.15, 0.2) is 0 Å². The minimum Gasteiger partial charge on any atom is -0.367 e. The van der Waals surface area contributed by atoms with Gasteiger partial charge in [0.1, 0.15) is 5.15 Å². The predicted molar refractivity (Wildman–Crippen MR) is 78.7 cm³/mol. The zero-order chi connectivity index (χ0) is 13.9. The number of nitrogens with one attached hydrogen (secondary N) is 2. The van der Waals surface area contributed by atoms with Gasteiger partial charge in [0.2, 0.25) is 0 Å². The van der Waals surface area contributed by atoms with E-state index in [2.05, 4.69) is 15.3 Å². The molecule has 5 heteroatoms. The van der Waals surface area contributed by atoms with E-state index in [1.807, 2.05) is 42.7 Å². The van der Waals surface area contributed by atoms with Crippen molar-refractivity contribution in [1.82, 2.24) is 15.3 Å². The van der Waals surface area contributed by atoms with Crippen LogP contribution in [0.3, 0.4) is 0 Å². The molecule has 2 N–H and O–H groups in total. The van der Waals surface area contributed by atoms with Crippen LogP contribution in [-0.2, 0) is 6.54 Å². The lowest BCUT2D eigenvalue weighted by atomic mass is 10.1. The lowest BCUT2D eigenvalue weighted by Crippen LogP contribution is -2.23. The second-order valence-corrected chi connectivity index (χ2v) is 4.80. The highest BCUT2D eigenvalue weighted by molar-refractivity contribution is 6.30. The Bertz CT molecular complexity index is 753. The van der Waals surface area contributed by atoms with Crippen molar-refractivity contribution in [3.63, 3.8) is 0 Å². The van der Waals surface area contributed by atoms with E-state index in [1.165, 1.54) is 0 Å². The summed E-state index contributed by atoms with van der Waals surface area (Å²) in [6.07, 6.45) is 3.66. The Hall–Kier alpha value is -2.33. The molecular weight excluding hydrogens is 274 g/mol. The van der Waals surface area contributed by atoms with Crippen LogP contribution in [-0.4, -0.2) is 15.9 Å². The number of benzene rings is 1. The van der Waals surface area contributed by atoms with E-state index in [0.29, 0.717) is 22.8 Å². The van der Waals surface area contributed by atoms with E-state index in [4.69, 9.17) is 11.6 Å². The summed E-state index contributed by atoms with van der Waals surface area (Å²) in [5, 5.41) is 3.99. The number of hydrogen-bond acceptors (Lipinski definition) is 2. The SMILES string of the molecule is O=C(NCc1cc[nH]c1)c1cc(Cl)nc2ccccc12. The molecule has 0 saturated heterocycles. The fraction of sp³-hybridized carbons (Fsp3) is 0.0667. The van der Waals surface area contributed by atoms with E-state index >= 15 is 0 Å². The topological polar surface area (TPSA) is 57.8 Å². The Morgan fingerprint density at radius 3 is 2.95 bits per heavy atom. The Kier molecular flexibility index (Phi) is 3.39. The van der Waals surface area contributed by atoms with Crippen LogP contribution < -0.4 is 5.32 Å². The molecule has 2 aromatic heterocycles. The van der Waals surface area contributed by atoms with Gasteiger partial charge in [0, 0.05) is 24.3 Å². The van der Waals surface area contributed by atoms with Crippen LogP contribution >= 0.6 is 11.6 Å². The summed E-state index contributed by atoms with van der Waals surface area (Å²) < 4.78 is 0. The average molecular weight is 286 g/mol. The average Bonchev–Trinajstić information content (AvgIpc) is 2.97. The van der Waals surface area contributed by atoms with Crippen molar-refractivity contribution >= 4 is 28.4 Å². The number of hydrogen-bond donors (Lipinski definition) is 2. The van der Waals surface area contributed by atoms with Crippen LogP contribution in [0.25, 0.3) is 10.9 Å². The lowest BCUT2D eigenvalue weighted by molar-refractivity contribution is 0.0952. The molecule has 0 aliphatic rings. The maximum Gasteiger partial charge on any atom is 0.252 e. The van der Waals surface area contributed by atoms with Gasteiger partial charge < -0.3 is 10.3 Å². The molecule has 0 radical (unpaired) electrons. The normalized spacial score (nSPS) is 10.7. The number of nitrogens with zero attached hydrogens (tertiary/aromatic N) is 1. The minimum atomic E-state index is -0.160. The number of rotatable bonds is 3. The van der Waals surface area contributed by atoms with E-state index in [9.17, 15) is 4.79 Å².